The number of benzene rings is 2. The topological polar surface area (TPSA) is 35.5 Å². The van der Waals surface area contributed by atoms with E-state index in [1.807, 2.05) is 0 Å². The van der Waals surface area contributed by atoms with Crippen molar-refractivity contribution in [3.8, 4) is 22.6 Å². The molecule has 22 heavy (non-hydrogen) atoms. The molecular weight excluding hydrogens is 297 g/mol. The molecule has 2 aromatic carbocycles. The Morgan fingerprint density at radius 2 is 1.64 bits per heavy atom. The maximum atomic E-state index is 12.2. The van der Waals surface area contributed by atoms with Crippen molar-refractivity contribution in [3.05, 3.63) is 48.0 Å². The second-order valence-electron chi connectivity index (χ2n) is 4.54. The summed E-state index contributed by atoms with van der Waals surface area (Å²) in [5.41, 5.74) is 1.88. The van der Waals surface area contributed by atoms with Crippen LogP contribution in [0.1, 0.15) is 10.4 Å². The Kier molecular flexibility index (Phi) is 4.70. The maximum Gasteiger partial charge on any atom is 0.422 e. The van der Waals surface area contributed by atoms with Gasteiger partial charge >= 0.3 is 6.18 Å². The summed E-state index contributed by atoms with van der Waals surface area (Å²) < 4.78 is 46.6. The first-order valence-electron chi connectivity index (χ1n) is 6.35. The number of carbonyl (C=O) groups excluding carboxylic acids is 1. The van der Waals surface area contributed by atoms with Crippen LogP contribution in [0.5, 0.6) is 11.5 Å². The molecule has 0 aliphatic carbocycles. The molecule has 6 heteroatoms. The Balaban J connectivity index is 2.31. The molecule has 0 radical (unpaired) electrons. The van der Waals surface area contributed by atoms with Crippen LogP contribution in [-0.2, 0) is 0 Å². The number of hydrogen-bond donors (Lipinski definition) is 0. The van der Waals surface area contributed by atoms with Gasteiger partial charge in [0, 0.05) is 11.6 Å². The number of rotatable bonds is 5. The summed E-state index contributed by atoms with van der Waals surface area (Å²) in [5, 5.41) is 0. The first-order chi connectivity index (χ1) is 10.4. The summed E-state index contributed by atoms with van der Waals surface area (Å²) in [4.78, 5) is 10.6. The minimum atomic E-state index is -4.41. The second kappa shape index (κ2) is 6.51. The molecule has 0 bridgehead atoms. The van der Waals surface area contributed by atoms with Gasteiger partial charge in [-0.15, -0.1) is 0 Å². The van der Waals surface area contributed by atoms with Crippen LogP contribution < -0.4 is 9.47 Å². The third-order valence-electron chi connectivity index (χ3n) is 2.90. The molecule has 0 aliphatic heterocycles. The van der Waals surface area contributed by atoms with E-state index < -0.39 is 12.8 Å². The van der Waals surface area contributed by atoms with Crippen LogP contribution in [0.25, 0.3) is 11.1 Å². The summed E-state index contributed by atoms with van der Waals surface area (Å²) in [5.74, 6) is 0.445. The van der Waals surface area contributed by atoms with Crippen molar-refractivity contribution in [2.24, 2.45) is 0 Å². The average molecular weight is 310 g/mol. The summed E-state index contributed by atoms with van der Waals surface area (Å²) in [7, 11) is 1.42. The molecule has 0 atom stereocenters. The zero-order valence-electron chi connectivity index (χ0n) is 11.7. The van der Waals surface area contributed by atoms with Crippen molar-refractivity contribution in [1.29, 1.82) is 0 Å². The zero-order chi connectivity index (χ0) is 16.2. The van der Waals surface area contributed by atoms with Crippen molar-refractivity contribution in [3.63, 3.8) is 0 Å². The van der Waals surface area contributed by atoms with Gasteiger partial charge in [-0.3, -0.25) is 4.79 Å². The molecule has 0 aromatic heterocycles. The van der Waals surface area contributed by atoms with E-state index in [0.717, 1.165) is 5.56 Å². The monoisotopic (exact) mass is 310 g/mol. The smallest absolute Gasteiger partial charge is 0.422 e. The molecule has 3 nitrogen and oxygen atoms in total. The SMILES string of the molecule is COc1cc(OCC(F)(F)F)cc(-c2ccc(C=O)cc2)c1. The number of hydrogen-bond acceptors (Lipinski definition) is 3. The van der Waals surface area contributed by atoms with Gasteiger partial charge in [0.1, 0.15) is 17.8 Å². The lowest BCUT2D eigenvalue weighted by molar-refractivity contribution is -0.153. The van der Waals surface area contributed by atoms with Crippen LogP contribution >= 0.6 is 0 Å². The van der Waals surface area contributed by atoms with Gasteiger partial charge in [0.05, 0.1) is 7.11 Å². The molecule has 0 amide bonds. The minimum Gasteiger partial charge on any atom is -0.497 e. The van der Waals surface area contributed by atoms with Crippen molar-refractivity contribution in [1.82, 2.24) is 0 Å². The molecular formula is C16H13F3O3. The number of alkyl halides is 3. The largest absolute Gasteiger partial charge is 0.497 e. The van der Waals surface area contributed by atoms with Crippen molar-refractivity contribution in [2.75, 3.05) is 13.7 Å². The lowest BCUT2D eigenvalue weighted by Crippen LogP contribution is -2.19. The quantitative estimate of drug-likeness (QED) is 0.779. The molecule has 0 heterocycles. The minimum absolute atomic E-state index is 0.0612. The Labute approximate surface area is 125 Å². The first kappa shape index (κ1) is 15.9. The molecule has 0 fully saturated rings. The van der Waals surface area contributed by atoms with Gasteiger partial charge in [0.15, 0.2) is 6.61 Å². The van der Waals surface area contributed by atoms with Crippen LogP contribution in [0.4, 0.5) is 13.2 Å². The zero-order valence-corrected chi connectivity index (χ0v) is 11.7. The van der Waals surface area contributed by atoms with Gasteiger partial charge in [-0.05, 0) is 23.3 Å². The normalized spacial score (nSPS) is 11.1. The fourth-order valence-electron chi connectivity index (χ4n) is 1.86. The predicted octanol–water partition coefficient (Wildman–Crippen LogP) is 4.12. The highest BCUT2D eigenvalue weighted by Gasteiger charge is 2.28. The molecule has 0 N–H and O–H groups in total. The van der Waals surface area contributed by atoms with Crippen molar-refractivity contribution >= 4 is 6.29 Å². The van der Waals surface area contributed by atoms with Gasteiger partial charge < -0.3 is 9.47 Å². The lowest BCUT2D eigenvalue weighted by Gasteiger charge is -2.12. The highest BCUT2D eigenvalue weighted by molar-refractivity contribution is 5.77. The summed E-state index contributed by atoms with van der Waals surface area (Å²) in [6, 6.07) is 11.2. The van der Waals surface area contributed by atoms with Crippen molar-refractivity contribution < 1.29 is 27.4 Å². The molecule has 0 spiro atoms. The highest BCUT2D eigenvalue weighted by atomic mass is 19.4. The Morgan fingerprint density at radius 3 is 2.18 bits per heavy atom. The summed E-state index contributed by atoms with van der Waals surface area (Å²) in [6.45, 7) is -1.37. The fourth-order valence-corrected chi connectivity index (χ4v) is 1.86. The van der Waals surface area contributed by atoms with Gasteiger partial charge in [-0.2, -0.15) is 13.2 Å². The molecule has 0 aliphatic rings. The molecule has 2 rings (SSSR count). The van der Waals surface area contributed by atoms with E-state index in [2.05, 4.69) is 0 Å². The van der Waals surface area contributed by atoms with E-state index >= 15 is 0 Å². The Hall–Kier alpha value is -2.50. The predicted molar refractivity (Wildman–Crippen MR) is 75.4 cm³/mol. The molecule has 0 saturated carbocycles. The van der Waals surface area contributed by atoms with Gasteiger partial charge in [-0.25, -0.2) is 0 Å². The van der Waals surface area contributed by atoms with Crippen LogP contribution in [0.3, 0.4) is 0 Å². The standard InChI is InChI=1S/C16H13F3O3/c1-21-14-6-13(12-4-2-11(9-20)3-5-12)7-15(8-14)22-10-16(17,18)19/h2-9H,10H2,1H3. The first-order valence-corrected chi connectivity index (χ1v) is 6.35. The fraction of sp³-hybridized carbons (Fsp3) is 0.188. The van der Waals surface area contributed by atoms with Crippen LogP contribution in [0.2, 0.25) is 0 Å². The van der Waals surface area contributed by atoms with Gasteiger partial charge in [0.2, 0.25) is 0 Å². The third kappa shape index (κ3) is 4.25. The van der Waals surface area contributed by atoms with E-state index in [0.29, 0.717) is 23.2 Å². The summed E-state index contributed by atoms with van der Waals surface area (Å²) >= 11 is 0. The Bertz CT molecular complexity index is 649. The van der Waals surface area contributed by atoms with Crippen molar-refractivity contribution in [2.45, 2.75) is 6.18 Å². The van der Waals surface area contributed by atoms with E-state index in [-0.39, 0.29) is 5.75 Å². The van der Waals surface area contributed by atoms with E-state index in [9.17, 15) is 18.0 Å². The average Bonchev–Trinajstić information content (AvgIpc) is 2.52. The van der Waals surface area contributed by atoms with Gasteiger partial charge in [-0.1, -0.05) is 24.3 Å². The van der Waals surface area contributed by atoms with E-state index in [1.54, 1.807) is 30.3 Å². The molecule has 2 aromatic rings. The molecule has 116 valence electrons. The number of aldehydes is 1. The van der Waals surface area contributed by atoms with Gasteiger partial charge in [0.25, 0.3) is 0 Å². The van der Waals surface area contributed by atoms with Crippen LogP contribution in [0.15, 0.2) is 42.5 Å². The lowest BCUT2D eigenvalue weighted by atomic mass is 10.0. The molecule has 0 saturated heterocycles. The van der Waals surface area contributed by atoms with Crippen LogP contribution in [0, 0.1) is 0 Å². The second-order valence-corrected chi connectivity index (χ2v) is 4.54. The van der Waals surface area contributed by atoms with E-state index in [1.165, 1.54) is 19.2 Å². The molecule has 0 unspecified atom stereocenters. The summed E-state index contributed by atoms with van der Waals surface area (Å²) in [6.07, 6.45) is -3.69. The number of carbonyl (C=O) groups is 1. The Morgan fingerprint density at radius 1 is 1.00 bits per heavy atom. The van der Waals surface area contributed by atoms with Crippen LogP contribution in [-0.4, -0.2) is 26.2 Å². The number of halogens is 3. The number of ether oxygens (including phenoxy) is 2. The maximum absolute atomic E-state index is 12.2. The van der Waals surface area contributed by atoms with E-state index in [4.69, 9.17) is 9.47 Å². The number of methoxy groups -OCH3 is 1. The highest BCUT2D eigenvalue weighted by Crippen LogP contribution is 2.30. The third-order valence-corrected chi connectivity index (χ3v) is 2.90.